The molecule has 0 bridgehead atoms. The zero-order valence-corrected chi connectivity index (χ0v) is 22.4. The average molecular weight is 479 g/mol. The quantitative estimate of drug-likeness (QED) is 0.463. The van der Waals surface area contributed by atoms with Crippen LogP contribution in [0.4, 0.5) is 0 Å². The van der Waals surface area contributed by atoms with Crippen LogP contribution in [0.3, 0.4) is 0 Å². The molecule has 11 unspecified atom stereocenters. The summed E-state index contributed by atoms with van der Waals surface area (Å²) in [7, 11) is 0. The van der Waals surface area contributed by atoms with Crippen molar-refractivity contribution in [2.45, 2.75) is 130 Å². The van der Waals surface area contributed by atoms with Crippen molar-refractivity contribution in [1.82, 2.24) is 0 Å². The van der Waals surface area contributed by atoms with Crippen molar-refractivity contribution in [3.8, 4) is 0 Å². The molecule has 0 spiro atoms. The molecular formula is C29H50O5. The summed E-state index contributed by atoms with van der Waals surface area (Å²) in [6.07, 6.45) is 7.61. The van der Waals surface area contributed by atoms with E-state index < -0.39 is 17.8 Å². The first-order valence-electron chi connectivity index (χ1n) is 14.1. The minimum absolute atomic E-state index is 0.181. The number of carbonyl (C=O) groups excluding carboxylic acids is 1. The molecule has 11 atom stereocenters. The lowest BCUT2D eigenvalue weighted by molar-refractivity contribution is -0.270. The number of aliphatic hydroxyl groups is 3. The van der Waals surface area contributed by atoms with Gasteiger partial charge >= 0.3 is 5.97 Å². The van der Waals surface area contributed by atoms with Crippen molar-refractivity contribution in [2.75, 3.05) is 0 Å². The van der Waals surface area contributed by atoms with E-state index in [4.69, 9.17) is 4.74 Å². The van der Waals surface area contributed by atoms with E-state index in [2.05, 4.69) is 34.6 Å². The summed E-state index contributed by atoms with van der Waals surface area (Å²) in [5.74, 6) is 2.39. The first-order chi connectivity index (χ1) is 15.8. The van der Waals surface area contributed by atoms with Gasteiger partial charge in [-0.05, 0) is 98.7 Å². The zero-order valence-electron chi connectivity index (χ0n) is 22.4. The highest BCUT2D eigenvalue weighted by Crippen LogP contribution is 2.69. The molecule has 5 nitrogen and oxygen atoms in total. The smallest absolute Gasteiger partial charge is 0.303 e. The predicted molar refractivity (Wildman–Crippen MR) is 133 cm³/mol. The van der Waals surface area contributed by atoms with Gasteiger partial charge in [-0.2, -0.15) is 0 Å². The van der Waals surface area contributed by atoms with Gasteiger partial charge < -0.3 is 20.1 Å². The van der Waals surface area contributed by atoms with Crippen molar-refractivity contribution in [3.05, 3.63) is 0 Å². The topological polar surface area (TPSA) is 87.0 Å². The van der Waals surface area contributed by atoms with Crippen LogP contribution in [-0.2, 0) is 9.53 Å². The number of carbonyl (C=O) groups is 1. The minimum atomic E-state index is -1.16. The molecule has 0 aliphatic heterocycles. The van der Waals surface area contributed by atoms with Gasteiger partial charge in [0.2, 0.25) is 0 Å². The zero-order chi connectivity index (χ0) is 25.1. The Bertz CT molecular complexity index is 753. The summed E-state index contributed by atoms with van der Waals surface area (Å²) in [6.45, 7) is 12.8. The van der Waals surface area contributed by atoms with Crippen LogP contribution in [-0.4, -0.2) is 45.2 Å². The van der Waals surface area contributed by atoms with Crippen LogP contribution in [0.2, 0.25) is 0 Å². The van der Waals surface area contributed by atoms with Crippen molar-refractivity contribution in [1.29, 1.82) is 0 Å². The molecule has 5 heteroatoms. The predicted octanol–water partition coefficient (Wildman–Crippen LogP) is 5.10. The highest BCUT2D eigenvalue weighted by atomic mass is 16.6. The summed E-state index contributed by atoms with van der Waals surface area (Å²) in [5.41, 5.74) is -1.33. The lowest BCUT2D eigenvalue weighted by Gasteiger charge is -2.65. The molecular weight excluding hydrogens is 428 g/mol. The van der Waals surface area contributed by atoms with Crippen LogP contribution in [0.25, 0.3) is 0 Å². The monoisotopic (exact) mass is 478 g/mol. The molecule has 34 heavy (non-hydrogen) atoms. The Labute approximate surface area is 207 Å². The van der Waals surface area contributed by atoms with E-state index in [1.807, 2.05) is 0 Å². The maximum Gasteiger partial charge on any atom is 0.303 e. The summed E-state index contributed by atoms with van der Waals surface area (Å²) in [4.78, 5) is 12.1. The van der Waals surface area contributed by atoms with E-state index in [0.29, 0.717) is 48.9 Å². The molecule has 0 saturated heterocycles. The maximum absolute atomic E-state index is 12.1. The van der Waals surface area contributed by atoms with Gasteiger partial charge in [-0.15, -0.1) is 0 Å². The Morgan fingerprint density at radius 1 is 1.03 bits per heavy atom. The molecule has 196 valence electrons. The highest BCUT2D eigenvalue weighted by Gasteiger charge is 2.68. The molecule has 3 N–H and O–H groups in total. The molecule has 0 heterocycles. The van der Waals surface area contributed by atoms with E-state index in [1.165, 1.54) is 6.92 Å². The third-order valence-electron chi connectivity index (χ3n) is 11.5. The SMILES string of the molecule is CC(=O)OC1CC2C3CCC(C(C)C(O)CCC(C)C)C3(C)CCC2C2(C)CCC(O)CC12O. The van der Waals surface area contributed by atoms with E-state index in [9.17, 15) is 20.1 Å². The summed E-state index contributed by atoms with van der Waals surface area (Å²) < 4.78 is 5.83. The normalized spacial score (nSPS) is 47.9. The highest BCUT2D eigenvalue weighted by molar-refractivity contribution is 5.66. The molecule has 4 saturated carbocycles. The number of hydrogen-bond acceptors (Lipinski definition) is 5. The van der Waals surface area contributed by atoms with Crippen LogP contribution in [0, 0.1) is 46.3 Å². The fourth-order valence-corrected chi connectivity index (χ4v) is 9.52. The molecule has 0 radical (unpaired) electrons. The van der Waals surface area contributed by atoms with Crippen molar-refractivity contribution < 1.29 is 24.9 Å². The fraction of sp³-hybridized carbons (Fsp3) is 0.966. The van der Waals surface area contributed by atoms with Crippen molar-refractivity contribution in [2.24, 2.45) is 46.3 Å². The summed E-state index contributed by atoms with van der Waals surface area (Å²) in [6, 6.07) is 0. The second-order valence-electron chi connectivity index (χ2n) is 13.6. The number of ether oxygens (including phenoxy) is 1. The molecule has 4 aliphatic carbocycles. The van der Waals surface area contributed by atoms with E-state index in [-0.39, 0.29) is 28.8 Å². The van der Waals surface area contributed by atoms with E-state index in [0.717, 1.165) is 44.9 Å². The molecule has 0 amide bonds. The van der Waals surface area contributed by atoms with Gasteiger partial charge in [-0.3, -0.25) is 4.79 Å². The number of aliphatic hydroxyl groups excluding tert-OH is 2. The standard InChI is InChI=1S/C29H50O5/c1-17(2)7-10-25(32)18(3)22-8-9-23-21-15-26(34-19(4)30)29(33)16-20(31)11-14-28(29,6)24(21)12-13-27(22,23)5/h17-18,20-26,31-33H,7-16H2,1-6H3. The molecule has 0 aromatic carbocycles. The second-order valence-corrected chi connectivity index (χ2v) is 13.6. The van der Waals surface area contributed by atoms with Gasteiger partial charge in [-0.1, -0.05) is 34.6 Å². The lowest BCUT2D eigenvalue weighted by Crippen LogP contribution is -2.69. The largest absolute Gasteiger partial charge is 0.459 e. The Balaban J connectivity index is 1.60. The molecule has 0 aromatic heterocycles. The Hall–Kier alpha value is -0.650. The van der Waals surface area contributed by atoms with Gasteiger partial charge in [0.05, 0.1) is 12.2 Å². The van der Waals surface area contributed by atoms with E-state index >= 15 is 0 Å². The number of hydrogen-bond donors (Lipinski definition) is 3. The average Bonchev–Trinajstić information content (AvgIpc) is 3.10. The fourth-order valence-electron chi connectivity index (χ4n) is 9.52. The van der Waals surface area contributed by atoms with Gasteiger partial charge in [0, 0.05) is 18.8 Å². The molecule has 0 aromatic rings. The van der Waals surface area contributed by atoms with Crippen LogP contribution in [0.5, 0.6) is 0 Å². The second kappa shape index (κ2) is 9.34. The molecule has 4 fully saturated rings. The van der Waals surface area contributed by atoms with Crippen molar-refractivity contribution in [3.63, 3.8) is 0 Å². The summed E-state index contributed by atoms with van der Waals surface area (Å²) >= 11 is 0. The Morgan fingerprint density at radius 3 is 2.38 bits per heavy atom. The lowest BCUT2D eigenvalue weighted by atomic mass is 9.42. The molecule has 4 aliphatic rings. The maximum atomic E-state index is 12.1. The first-order valence-corrected chi connectivity index (χ1v) is 14.1. The van der Waals surface area contributed by atoms with Gasteiger partial charge in [-0.25, -0.2) is 0 Å². The number of fused-ring (bicyclic) bond motifs is 5. The number of rotatable bonds is 6. The van der Waals surface area contributed by atoms with Gasteiger partial charge in [0.25, 0.3) is 0 Å². The Kier molecular flexibility index (Phi) is 7.25. The van der Waals surface area contributed by atoms with E-state index in [1.54, 1.807) is 0 Å². The van der Waals surface area contributed by atoms with Gasteiger partial charge in [0.1, 0.15) is 11.7 Å². The Morgan fingerprint density at radius 2 is 1.74 bits per heavy atom. The van der Waals surface area contributed by atoms with Crippen LogP contribution < -0.4 is 0 Å². The molecule has 4 rings (SSSR count). The van der Waals surface area contributed by atoms with Crippen LogP contribution >= 0.6 is 0 Å². The van der Waals surface area contributed by atoms with Crippen LogP contribution in [0.1, 0.15) is 106 Å². The van der Waals surface area contributed by atoms with Crippen LogP contribution in [0.15, 0.2) is 0 Å². The van der Waals surface area contributed by atoms with Crippen molar-refractivity contribution >= 4 is 5.97 Å². The third-order valence-corrected chi connectivity index (χ3v) is 11.5. The minimum Gasteiger partial charge on any atom is -0.459 e. The number of esters is 1. The van der Waals surface area contributed by atoms with Gasteiger partial charge in [0.15, 0.2) is 0 Å². The third kappa shape index (κ3) is 4.16. The first kappa shape index (κ1) is 26.4. The summed E-state index contributed by atoms with van der Waals surface area (Å²) in [5, 5.41) is 33.5.